The largest absolute Gasteiger partial charge is 0.354 e. The van der Waals surface area contributed by atoms with E-state index in [1.54, 1.807) is 14.1 Å². The molecule has 1 amide bonds. The van der Waals surface area contributed by atoms with Crippen molar-refractivity contribution >= 4 is 35.8 Å². The summed E-state index contributed by atoms with van der Waals surface area (Å²) in [5.74, 6) is 0.637. The predicted octanol–water partition coefficient (Wildman–Crippen LogP) is 1.60. The van der Waals surface area contributed by atoms with Crippen molar-refractivity contribution in [2.45, 2.75) is 33.2 Å². The molecule has 0 aliphatic heterocycles. The molecule has 0 bridgehead atoms. The molecule has 0 aromatic rings. The number of nitrogens with one attached hydrogen (secondary N) is 2. The highest BCUT2D eigenvalue weighted by Gasteiger charge is 2.06. The fraction of sp³-hybridized carbons (Fsp3) is 0.692. The molecule has 0 fully saturated rings. The van der Waals surface area contributed by atoms with E-state index in [1.165, 1.54) is 4.90 Å². The van der Waals surface area contributed by atoms with Gasteiger partial charge in [0, 0.05) is 26.7 Å². The third-order valence-electron chi connectivity index (χ3n) is 2.42. The molecule has 0 spiro atoms. The Kier molecular flexibility index (Phi) is 12.0. The number of guanidine groups is 1. The Morgan fingerprint density at radius 1 is 1.42 bits per heavy atom. The van der Waals surface area contributed by atoms with Crippen LogP contribution in [0.2, 0.25) is 0 Å². The summed E-state index contributed by atoms with van der Waals surface area (Å²) >= 11 is 0. The molecule has 0 radical (unpaired) electrons. The highest BCUT2D eigenvalue weighted by molar-refractivity contribution is 14.0. The van der Waals surface area contributed by atoms with E-state index in [0.29, 0.717) is 18.5 Å². The Hall–Kier alpha value is -0.790. The van der Waals surface area contributed by atoms with Gasteiger partial charge >= 0.3 is 0 Å². The lowest BCUT2D eigenvalue weighted by Gasteiger charge is -2.17. The van der Waals surface area contributed by atoms with Crippen LogP contribution in [0.5, 0.6) is 0 Å². The van der Waals surface area contributed by atoms with Crippen molar-refractivity contribution in [3.63, 3.8) is 0 Å². The average Bonchev–Trinajstić information content (AvgIpc) is 2.31. The summed E-state index contributed by atoms with van der Waals surface area (Å²) in [7, 11) is 3.45. The Morgan fingerprint density at radius 3 is 2.42 bits per heavy atom. The van der Waals surface area contributed by atoms with E-state index in [9.17, 15) is 4.79 Å². The van der Waals surface area contributed by atoms with E-state index in [-0.39, 0.29) is 36.4 Å². The molecule has 0 saturated carbocycles. The summed E-state index contributed by atoms with van der Waals surface area (Å²) in [6.07, 6.45) is 0.995. The SMILES string of the molecule is C=C(C)CNC(=NCC(=O)N(C)C)NC(C)CC.I. The monoisotopic (exact) mass is 382 g/mol. The van der Waals surface area contributed by atoms with Gasteiger partial charge in [-0.15, -0.1) is 24.0 Å². The topological polar surface area (TPSA) is 56.7 Å². The number of amides is 1. The van der Waals surface area contributed by atoms with Crippen LogP contribution in [-0.2, 0) is 4.79 Å². The maximum absolute atomic E-state index is 11.5. The first kappa shape index (κ1) is 20.5. The van der Waals surface area contributed by atoms with Gasteiger partial charge in [0.2, 0.25) is 5.91 Å². The van der Waals surface area contributed by atoms with Crippen molar-refractivity contribution < 1.29 is 4.79 Å². The molecule has 0 aromatic heterocycles. The molecule has 19 heavy (non-hydrogen) atoms. The molecular formula is C13H27IN4O. The molecule has 0 saturated heterocycles. The molecule has 0 rings (SSSR count). The van der Waals surface area contributed by atoms with Crippen molar-refractivity contribution in [1.82, 2.24) is 15.5 Å². The molecule has 0 aliphatic rings. The Morgan fingerprint density at radius 2 is 2.00 bits per heavy atom. The Balaban J connectivity index is 0. The molecule has 0 aliphatic carbocycles. The fourth-order valence-corrected chi connectivity index (χ4v) is 1.01. The van der Waals surface area contributed by atoms with Crippen molar-refractivity contribution in [2.24, 2.45) is 4.99 Å². The van der Waals surface area contributed by atoms with Crippen LogP contribution in [0, 0.1) is 0 Å². The number of carbonyl (C=O) groups excluding carboxylic acids is 1. The minimum atomic E-state index is -0.0180. The third-order valence-corrected chi connectivity index (χ3v) is 2.42. The van der Waals surface area contributed by atoms with Crippen LogP contribution in [0.15, 0.2) is 17.1 Å². The summed E-state index contributed by atoms with van der Waals surface area (Å²) in [6, 6.07) is 0.316. The van der Waals surface area contributed by atoms with Crippen LogP contribution in [-0.4, -0.2) is 50.0 Å². The van der Waals surface area contributed by atoms with Gasteiger partial charge in [0.05, 0.1) is 0 Å². The molecular weight excluding hydrogens is 355 g/mol. The van der Waals surface area contributed by atoms with Gasteiger partial charge in [0.25, 0.3) is 0 Å². The minimum absolute atomic E-state index is 0. The standard InChI is InChI=1S/C13H26N4O.HI/c1-7-11(4)16-13(14-8-10(2)3)15-9-12(18)17(5)6;/h11H,2,7-9H2,1,3-6H3,(H2,14,15,16);1H. The number of likely N-dealkylation sites (N-methyl/N-ethyl adjacent to an activating group) is 1. The maximum atomic E-state index is 11.5. The highest BCUT2D eigenvalue weighted by Crippen LogP contribution is 1.90. The quantitative estimate of drug-likeness (QED) is 0.318. The molecule has 6 heteroatoms. The molecule has 1 unspecified atom stereocenters. The van der Waals surface area contributed by atoms with Crippen LogP contribution < -0.4 is 10.6 Å². The van der Waals surface area contributed by atoms with E-state index in [0.717, 1.165) is 12.0 Å². The lowest BCUT2D eigenvalue weighted by molar-refractivity contribution is -0.127. The molecule has 112 valence electrons. The number of halogens is 1. The van der Waals surface area contributed by atoms with Gasteiger partial charge in [-0.3, -0.25) is 4.79 Å². The van der Waals surface area contributed by atoms with Gasteiger partial charge in [0.1, 0.15) is 6.54 Å². The normalized spacial score (nSPS) is 12.2. The van der Waals surface area contributed by atoms with Crippen LogP contribution in [0.4, 0.5) is 0 Å². The third kappa shape index (κ3) is 10.8. The van der Waals surface area contributed by atoms with Crippen molar-refractivity contribution in [1.29, 1.82) is 0 Å². The van der Waals surface area contributed by atoms with Crippen LogP contribution in [0.25, 0.3) is 0 Å². The number of hydrogen-bond acceptors (Lipinski definition) is 2. The zero-order valence-electron chi connectivity index (χ0n) is 12.6. The molecule has 0 heterocycles. The van der Waals surface area contributed by atoms with Gasteiger partial charge in [-0.1, -0.05) is 19.1 Å². The van der Waals surface area contributed by atoms with Gasteiger partial charge in [-0.25, -0.2) is 4.99 Å². The maximum Gasteiger partial charge on any atom is 0.243 e. The Bertz CT molecular complexity index is 316. The fourth-order valence-electron chi connectivity index (χ4n) is 1.01. The number of carbonyl (C=O) groups is 1. The van der Waals surface area contributed by atoms with Crippen LogP contribution in [0.3, 0.4) is 0 Å². The van der Waals surface area contributed by atoms with Gasteiger partial charge in [-0.05, 0) is 20.3 Å². The van der Waals surface area contributed by atoms with E-state index in [4.69, 9.17) is 0 Å². The van der Waals surface area contributed by atoms with Gasteiger partial charge in [-0.2, -0.15) is 0 Å². The first-order valence-corrected chi connectivity index (χ1v) is 6.26. The van der Waals surface area contributed by atoms with E-state index >= 15 is 0 Å². The van der Waals surface area contributed by atoms with E-state index < -0.39 is 0 Å². The second kappa shape index (κ2) is 11.1. The van der Waals surface area contributed by atoms with E-state index in [2.05, 4.69) is 36.1 Å². The summed E-state index contributed by atoms with van der Waals surface area (Å²) in [6.45, 7) is 10.7. The lowest BCUT2D eigenvalue weighted by atomic mass is 10.3. The van der Waals surface area contributed by atoms with Crippen molar-refractivity contribution in [3.05, 3.63) is 12.2 Å². The minimum Gasteiger partial charge on any atom is -0.354 e. The smallest absolute Gasteiger partial charge is 0.243 e. The number of nitrogens with zero attached hydrogens (tertiary/aromatic N) is 2. The first-order valence-electron chi connectivity index (χ1n) is 6.26. The zero-order chi connectivity index (χ0) is 14.1. The predicted molar refractivity (Wildman–Crippen MR) is 92.1 cm³/mol. The molecule has 2 N–H and O–H groups in total. The summed E-state index contributed by atoms with van der Waals surface area (Å²) in [5.41, 5.74) is 1.02. The second-order valence-corrected chi connectivity index (χ2v) is 4.72. The molecule has 0 aromatic carbocycles. The average molecular weight is 382 g/mol. The second-order valence-electron chi connectivity index (χ2n) is 4.72. The van der Waals surface area contributed by atoms with Crippen molar-refractivity contribution in [2.75, 3.05) is 27.2 Å². The summed E-state index contributed by atoms with van der Waals surface area (Å²) < 4.78 is 0. The summed E-state index contributed by atoms with van der Waals surface area (Å²) in [4.78, 5) is 17.3. The summed E-state index contributed by atoms with van der Waals surface area (Å²) in [5, 5.41) is 6.39. The van der Waals surface area contributed by atoms with Crippen LogP contribution >= 0.6 is 24.0 Å². The molecule has 1 atom stereocenters. The van der Waals surface area contributed by atoms with Crippen LogP contribution in [0.1, 0.15) is 27.2 Å². The van der Waals surface area contributed by atoms with E-state index in [1.807, 2.05) is 6.92 Å². The number of hydrogen-bond donors (Lipinski definition) is 2. The van der Waals surface area contributed by atoms with Crippen molar-refractivity contribution in [3.8, 4) is 0 Å². The molecule has 5 nitrogen and oxygen atoms in total. The van der Waals surface area contributed by atoms with Gasteiger partial charge < -0.3 is 15.5 Å². The number of aliphatic imine (C=N–C) groups is 1. The zero-order valence-corrected chi connectivity index (χ0v) is 14.9. The lowest BCUT2D eigenvalue weighted by Crippen LogP contribution is -2.43. The Labute approximate surface area is 133 Å². The first-order chi connectivity index (χ1) is 8.36. The number of rotatable bonds is 6. The highest BCUT2D eigenvalue weighted by atomic mass is 127. The van der Waals surface area contributed by atoms with Gasteiger partial charge in [0.15, 0.2) is 5.96 Å².